The van der Waals surface area contributed by atoms with Gasteiger partial charge in [0.05, 0.1) is 26.1 Å². The first kappa shape index (κ1) is 46.0. The number of carbonyl (C=O) groups excluding carboxylic acids is 4. The zero-order valence-corrected chi connectivity index (χ0v) is 35.8. The number of hydrogen-bond donors (Lipinski definition) is 0. The molecule has 0 spiro atoms. The fraction of sp³-hybridized carbons (Fsp3) is 0.814. The number of morpholine rings is 1. The van der Waals surface area contributed by atoms with E-state index in [1.54, 1.807) is 4.90 Å². The highest BCUT2D eigenvalue weighted by molar-refractivity contribution is 5.90. The summed E-state index contributed by atoms with van der Waals surface area (Å²) in [6.45, 7) is 14.6. The summed E-state index contributed by atoms with van der Waals surface area (Å²) in [5.41, 5.74) is -1.07. The van der Waals surface area contributed by atoms with E-state index in [1.807, 2.05) is 41.5 Å². The molecule has 1 aliphatic heterocycles. The Bertz CT molecular complexity index is 1540. The monoisotopic (exact) mass is 800 g/mol. The fourth-order valence-corrected chi connectivity index (χ4v) is 7.99. The van der Waals surface area contributed by atoms with Gasteiger partial charge in [0.15, 0.2) is 0 Å². The molecule has 0 unspecified atom stereocenters. The van der Waals surface area contributed by atoms with E-state index in [0.29, 0.717) is 38.1 Å². The standard InChI is InChI=1S/C23H37N3O5.C20H32N2O4/c1-23(2,3)30-19(27)16-18(11-7-10-17-8-5-4-6-9-17)21-24-20(25-31-21)22(28)26-12-14-29-15-13-26;1-14(23)18-21-19(26-22-18)16(13-17(24)25-20(2,3)4)12-8-11-15-9-6-5-7-10-15/h17-18H,4-16H2,1-3H3;15-16H,5-13H2,1-4H3/t18-;16-/m11/s1. The molecule has 14 heteroatoms. The van der Waals surface area contributed by atoms with Gasteiger partial charge in [-0.3, -0.25) is 19.2 Å². The lowest BCUT2D eigenvalue weighted by Crippen LogP contribution is -2.41. The molecule has 3 fully saturated rings. The van der Waals surface area contributed by atoms with Crippen molar-refractivity contribution in [3.05, 3.63) is 23.4 Å². The second kappa shape index (κ2) is 22.5. The van der Waals surface area contributed by atoms with E-state index in [0.717, 1.165) is 43.9 Å². The predicted molar refractivity (Wildman–Crippen MR) is 213 cm³/mol. The van der Waals surface area contributed by atoms with E-state index in [2.05, 4.69) is 20.3 Å². The number of carbonyl (C=O) groups is 4. The molecule has 2 aromatic rings. The fourth-order valence-electron chi connectivity index (χ4n) is 7.99. The number of esters is 2. The van der Waals surface area contributed by atoms with Crippen LogP contribution in [0.25, 0.3) is 0 Å². The predicted octanol–water partition coefficient (Wildman–Crippen LogP) is 8.95. The van der Waals surface area contributed by atoms with Gasteiger partial charge in [-0.2, -0.15) is 9.97 Å². The van der Waals surface area contributed by atoms with Crippen LogP contribution in [0.15, 0.2) is 9.05 Å². The Labute approximate surface area is 339 Å². The van der Waals surface area contributed by atoms with Crippen molar-refractivity contribution < 1.29 is 42.4 Å². The lowest BCUT2D eigenvalue weighted by Gasteiger charge is -2.25. The number of aromatic nitrogens is 4. The summed E-state index contributed by atoms with van der Waals surface area (Å²) in [5.74, 6) is 0.923. The van der Waals surface area contributed by atoms with Crippen LogP contribution in [0.4, 0.5) is 0 Å². The van der Waals surface area contributed by atoms with Crippen LogP contribution in [-0.2, 0) is 23.8 Å². The minimum absolute atomic E-state index is 0.0540. The van der Waals surface area contributed by atoms with Crippen molar-refractivity contribution in [1.82, 2.24) is 25.2 Å². The molecule has 5 rings (SSSR count). The molecule has 14 nitrogen and oxygen atoms in total. The molecule has 2 aromatic heterocycles. The first-order chi connectivity index (χ1) is 27.1. The first-order valence-corrected chi connectivity index (χ1v) is 21.5. The van der Waals surface area contributed by atoms with Gasteiger partial charge in [-0.1, -0.05) is 100 Å². The van der Waals surface area contributed by atoms with E-state index in [9.17, 15) is 19.2 Å². The van der Waals surface area contributed by atoms with Crippen molar-refractivity contribution >= 4 is 23.6 Å². The average Bonchev–Trinajstić information content (AvgIpc) is 3.86. The third-order valence-electron chi connectivity index (χ3n) is 10.8. The third-order valence-corrected chi connectivity index (χ3v) is 10.8. The average molecular weight is 800 g/mol. The zero-order chi connectivity index (χ0) is 41.4. The summed E-state index contributed by atoms with van der Waals surface area (Å²) in [6.07, 6.45) is 19.5. The highest BCUT2D eigenvalue weighted by Gasteiger charge is 2.30. The second-order valence-corrected chi connectivity index (χ2v) is 18.2. The van der Waals surface area contributed by atoms with Crippen LogP contribution in [0.3, 0.4) is 0 Å². The SMILES string of the molecule is CC(=O)c1noc([C@H](CCCC2CCCCC2)CC(=O)OC(C)(C)C)n1.CC(C)(C)OC(=O)C[C@@H](CCCC1CCCCC1)c1nc(C(=O)N2CCOCC2)no1. The number of hydrogen-bond acceptors (Lipinski definition) is 13. The molecule has 3 heterocycles. The van der Waals surface area contributed by atoms with Gasteiger partial charge in [-0.05, 0) is 66.2 Å². The number of amides is 1. The Morgan fingerprint density at radius 1 is 0.667 bits per heavy atom. The number of rotatable bonds is 16. The zero-order valence-electron chi connectivity index (χ0n) is 35.8. The minimum atomic E-state index is -0.546. The lowest BCUT2D eigenvalue weighted by molar-refractivity contribution is -0.156. The van der Waals surface area contributed by atoms with E-state index < -0.39 is 11.2 Å². The van der Waals surface area contributed by atoms with Crippen molar-refractivity contribution in [3.63, 3.8) is 0 Å². The second-order valence-electron chi connectivity index (χ2n) is 18.2. The molecule has 2 atom stereocenters. The largest absolute Gasteiger partial charge is 0.460 e. The Hall–Kier alpha value is -3.68. The van der Waals surface area contributed by atoms with Crippen molar-refractivity contribution in [3.8, 4) is 0 Å². The van der Waals surface area contributed by atoms with Gasteiger partial charge in [0.1, 0.15) is 11.2 Å². The molecule has 0 radical (unpaired) electrons. The van der Waals surface area contributed by atoms with Crippen molar-refractivity contribution in [2.75, 3.05) is 26.3 Å². The van der Waals surface area contributed by atoms with Gasteiger partial charge in [0.25, 0.3) is 11.7 Å². The number of nitrogens with zero attached hydrogens (tertiary/aromatic N) is 5. The highest BCUT2D eigenvalue weighted by atomic mass is 16.6. The van der Waals surface area contributed by atoms with Gasteiger partial charge in [0, 0.05) is 31.8 Å². The van der Waals surface area contributed by atoms with Crippen molar-refractivity contribution in [2.45, 2.75) is 187 Å². The highest BCUT2D eigenvalue weighted by Crippen LogP contribution is 2.33. The molecule has 0 N–H and O–H groups in total. The van der Waals surface area contributed by atoms with Gasteiger partial charge in [-0.15, -0.1) is 0 Å². The van der Waals surface area contributed by atoms with Crippen molar-refractivity contribution in [2.24, 2.45) is 11.8 Å². The Balaban J connectivity index is 0.000000257. The van der Waals surface area contributed by atoms with Crippen LogP contribution >= 0.6 is 0 Å². The summed E-state index contributed by atoms with van der Waals surface area (Å²) in [7, 11) is 0. The van der Waals surface area contributed by atoms with Crippen LogP contribution in [0.1, 0.15) is 209 Å². The summed E-state index contributed by atoms with van der Waals surface area (Å²) >= 11 is 0. The molecular weight excluding hydrogens is 730 g/mol. The number of ether oxygens (including phenoxy) is 3. The molecule has 1 amide bonds. The first-order valence-electron chi connectivity index (χ1n) is 21.5. The van der Waals surface area contributed by atoms with Crippen LogP contribution < -0.4 is 0 Å². The van der Waals surface area contributed by atoms with Gasteiger partial charge in [-0.25, -0.2) is 0 Å². The molecule has 2 saturated carbocycles. The smallest absolute Gasteiger partial charge is 0.307 e. The van der Waals surface area contributed by atoms with Gasteiger partial charge >= 0.3 is 11.9 Å². The normalized spacial score (nSPS) is 18.3. The third kappa shape index (κ3) is 17.0. The Kier molecular flexibility index (Phi) is 18.1. The van der Waals surface area contributed by atoms with Gasteiger partial charge < -0.3 is 28.2 Å². The number of Topliss-reactive ketones (excluding diaryl/α,β-unsaturated/α-hetero) is 1. The van der Waals surface area contributed by atoms with Crippen molar-refractivity contribution in [1.29, 1.82) is 0 Å². The Morgan fingerprint density at radius 3 is 1.49 bits per heavy atom. The summed E-state index contributed by atoms with van der Waals surface area (Å²) in [4.78, 5) is 59.1. The van der Waals surface area contributed by atoms with E-state index in [4.69, 9.17) is 23.3 Å². The molecule has 320 valence electrons. The molecular formula is C43H69N5O9. The summed E-state index contributed by atoms with van der Waals surface area (Å²) in [6, 6.07) is 0. The van der Waals surface area contributed by atoms with E-state index in [1.165, 1.54) is 77.6 Å². The Morgan fingerprint density at radius 2 is 1.09 bits per heavy atom. The summed E-state index contributed by atoms with van der Waals surface area (Å²) in [5, 5.41) is 7.65. The van der Waals surface area contributed by atoms with Crippen LogP contribution in [0.2, 0.25) is 0 Å². The maximum absolute atomic E-state index is 12.7. The quantitative estimate of drug-likeness (QED) is 0.116. The van der Waals surface area contributed by atoms with Crippen LogP contribution in [-0.4, -0.2) is 86.3 Å². The molecule has 1 saturated heterocycles. The molecule has 0 bridgehead atoms. The molecule has 2 aliphatic carbocycles. The lowest BCUT2D eigenvalue weighted by atomic mass is 9.84. The van der Waals surface area contributed by atoms with E-state index in [-0.39, 0.29) is 60.0 Å². The van der Waals surface area contributed by atoms with Gasteiger partial charge in [0.2, 0.25) is 23.4 Å². The summed E-state index contributed by atoms with van der Waals surface area (Å²) < 4.78 is 27.0. The molecule has 57 heavy (non-hydrogen) atoms. The van der Waals surface area contributed by atoms with Crippen LogP contribution in [0.5, 0.6) is 0 Å². The minimum Gasteiger partial charge on any atom is -0.460 e. The maximum atomic E-state index is 12.7. The van der Waals surface area contributed by atoms with Crippen LogP contribution in [0, 0.1) is 11.8 Å². The molecule has 0 aromatic carbocycles. The topological polar surface area (TPSA) is 177 Å². The molecule has 3 aliphatic rings. The number of ketones is 1. The van der Waals surface area contributed by atoms with E-state index >= 15 is 0 Å². The maximum Gasteiger partial charge on any atom is 0.307 e.